The Morgan fingerprint density at radius 1 is 1.19 bits per heavy atom. The predicted octanol–water partition coefficient (Wildman–Crippen LogP) is 3.64. The molecule has 1 heterocycles. The average molecular weight is 345 g/mol. The summed E-state index contributed by atoms with van der Waals surface area (Å²) in [5.74, 6) is 0.464. The lowest BCUT2D eigenvalue weighted by atomic mass is 10.2. The lowest BCUT2D eigenvalue weighted by Crippen LogP contribution is -2.12. The van der Waals surface area contributed by atoms with Gasteiger partial charge in [-0.1, -0.05) is 40.2 Å². The molecule has 106 valence electrons. The number of nitrogens with zero attached hydrogens (tertiary/aromatic N) is 2. The summed E-state index contributed by atoms with van der Waals surface area (Å²) in [5.41, 5.74) is 2.73. The van der Waals surface area contributed by atoms with Gasteiger partial charge in [0.25, 0.3) is 0 Å². The van der Waals surface area contributed by atoms with E-state index >= 15 is 0 Å². The Morgan fingerprint density at radius 2 is 1.90 bits per heavy atom. The van der Waals surface area contributed by atoms with Gasteiger partial charge in [0.2, 0.25) is 0 Å². The van der Waals surface area contributed by atoms with Crippen LogP contribution in [0, 0.1) is 0 Å². The maximum Gasteiger partial charge on any atom is 0.325 e. The van der Waals surface area contributed by atoms with Crippen molar-refractivity contribution in [3.63, 3.8) is 0 Å². The normalized spacial score (nSPS) is 10.8. The van der Waals surface area contributed by atoms with Crippen LogP contribution in [0.3, 0.4) is 0 Å². The van der Waals surface area contributed by atoms with Crippen LogP contribution in [0.25, 0.3) is 22.4 Å². The molecule has 0 radical (unpaired) electrons. The van der Waals surface area contributed by atoms with Crippen molar-refractivity contribution in [3.05, 3.63) is 53.0 Å². The van der Waals surface area contributed by atoms with E-state index in [2.05, 4.69) is 20.9 Å². The van der Waals surface area contributed by atoms with Crippen molar-refractivity contribution >= 4 is 32.9 Å². The van der Waals surface area contributed by atoms with Gasteiger partial charge < -0.3 is 9.30 Å². The number of halogens is 1. The maximum absolute atomic E-state index is 11.7. The Kier molecular flexibility index (Phi) is 3.75. The van der Waals surface area contributed by atoms with Crippen LogP contribution in [-0.2, 0) is 16.1 Å². The second kappa shape index (κ2) is 5.69. The quantitative estimate of drug-likeness (QED) is 0.681. The van der Waals surface area contributed by atoms with Gasteiger partial charge in [0.1, 0.15) is 12.4 Å². The molecule has 3 aromatic rings. The van der Waals surface area contributed by atoms with Crippen molar-refractivity contribution in [1.29, 1.82) is 0 Å². The topological polar surface area (TPSA) is 44.1 Å². The largest absolute Gasteiger partial charge is 0.468 e. The highest BCUT2D eigenvalue weighted by molar-refractivity contribution is 9.10. The lowest BCUT2D eigenvalue weighted by molar-refractivity contribution is -0.141. The van der Waals surface area contributed by atoms with Crippen molar-refractivity contribution in [2.24, 2.45) is 0 Å². The number of carbonyl (C=O) groups is 1. The fraction of sp³-hybridized carbons (Fsp3) is 0.125. The maximum atomic E-state index is 11.7. The van der Waals surface area contributed by atoms with Crippen LogP contribution in [0.5, 0.6) is 0 Å². The number of aromatic nitrogens is 2. The number of esters is 1. The summed E-state index contributed by atoms with van der Waals surface area (Å²) in [6.45, 7) is 0.141. The molecular formula is C16H13BrN2O2. The Bertz CT molecular complexity index is 794. The fourth-order valence-corrected chi connectivity index (χ4v) is 2.51. The number of fused-ring (bicyclic) bond motifs is 1. The zero-order chi connectivity index (χ0) is 14.8. The Morgan fingerprint density at radius 3 is 2.62 bits per heavy atom. The van der Waals surface area contributed by atoms with Crippen LogP contribution >= 0.6 is 15.9 Å². The van der Waals surface area contributed by atoms with Crippen LogP contribution in [0.15, 0.2) is 53.0 Å². The molecule has 0 spiro atoms. The molecule has 0 aliphatic carbocycles. The zero-order valence-corrected chi connectivity index (χ0v) is 13.0. The summed E-state index contributed by atoms with van der Waals surface area (Å²) in [4.78, 5) is 16.3. The van der Waals surface area contributed by atoms with Gasteiger partial charge in [0.05, 0.1) is 18.1 Å². The molecule has 0 unspecified atom stereocenters. The summed E-state index contributed by atoms with van der Waals surface area (Å²) in [6.07, 6.45) is 0. The number of imidazole rings is 1. The molecule has 5 heteroatoms. The molecule has 2 aromatic carbocycles. The van der Waals surface area contributed by atoms with E-state index in [1.807, 2.05) is 53.1 Å². The summed E-state index contributed by atoms with van der Waals surface area (Å²) in [6, 6.07) is 15.6. The molecule has 0 aliphatic rings. The van der Waals surface area contributed by atoms with E-state index in [1.165, 1.54) is 7.11 Å². The van der Waals surface area contributed by atoms with E-state index < -0.39 is 0 Å². The fourth-order valence-electron chi connectivity index (χ4n) is 2.25. The van der Waals surface area contributed by atoms with Crippen molar-refractivity contribution < 1.29 is 9.53 Å². The molecule has 1 aromatic heterocycles. The summed E-state index contributed by atoms with van der Waals surface area (Å²) < 4.78 is 7.67. The highest BCUT2D eigenvalue weighted by Gasteiger charge is 2.15. The smallest absolute Gasteiger partial charge is 0.325 e. The molecule has 3 rings (SSSR count). The van der Waals surface area contributed by atoms with E-state index in [0.29, 0.717) is 0 Å². The molecular weight excluding hydrogens is 332 g/mol. The molecule has 0 fully saturated rings. The first-order valence-electron chi connectivity index (χ1n) is 6.47. The number of ether oxygens (including phenoxy) is 1. The summed E-state index contributed by atoms with van der Waals surface area (Å²) >= 11 is 3.42. The number of para-hydroxylation sites is 2. The summed E-state index contributed by atoms with van der Waals surface area (Å²) in [5, 5.41) is 0. The number of hydrogen-bond donors (Lipinski definition) is 0. The third-order valence-corrected chi connectivity index (χ3v) is 3.80. The van der Waals surface area contributed by atoms with Gasteiger partial charge in [-0.3, -0.25) is 4.79 Å². The number of carbonyl (C=O) groups excluding carboxylic acids is 1. The standard InChI is InChI=1S/C16H13BrN2O2/c1-21-15(20)10-19-14-5-3-2-4-13(14)18-16(19)11-6-8-12(17)9-7-11/h2-9H,10H2,1H3. The van der Waals surface area contributed by atoms with Gasteiger partial charge in [-0.2, -0.15) is 0 Å². The number of rotatable bonds is 3. The van der Waals surface area contributed by atoms with Crippen LogP contribution in [0.1, 0.15) is 0 Å². The highest BCUT2D eigenvalue weighted by Crippen LogP contribution is 2.26. The minimum Gasteiger partial charge on any atom is -0.468 e. The van der Waals surface area contributed by atoms with Crippen LogP contribution < -0.4 is 0 Å². The van der Waals surface area contributed by atoms with Crippen LogP contribution in [0.2, 0.25) is 0 Å². The average Bonchev–Trinajstić information content (AvgIpc) is 2.87. The minimum atomic E-state index is -0.295. The van der Waals surface area contributed by atoms with Gasteiger partial charge in [0.15, 0.2) is 0 Å². The van der Waals surface area contributed by atoms with Crippen LogP contribution in [-0.4, -0.2) is 22.6 Å². The molecule has 0 bridgehead atoms. The first kappa shape index (κ1) is 13.8. The van der Waals surface area contributed by atoms with Crippen molar-refractivity contribution in [2.75, 3.05) is 7.11 Å². The SMILES string of the molecule is COC(=O)Cn1c(-c2ccc(Br)cc2)nc2ccccc21. The molecule has 0 N–H and O–H groups in total. The first-order valence-corrected chi connectivity index (χ1v) is 7.26. The van der Waals surface area contributed by atoms with Gasteiger partial charge in [-0.05, 0) is 24.3 Å². The molecule has 0 saturated carbocycles. The predicted molar refractivity (Wildman–Crippen MR) is 84.9 cm³/mol. The Balaban J connectivity index is 2.18. The molecule has 0 saturated heterocycles. The number of hydrogen-bond acceptors (Lipinski definition) is 3. The molecule has 0 amide bonds. The summed E-state index contributed by atoms with van der Waals surface area (Å²) in [7, 11) is 1.39. The number of methoxy groups -OCH3 is 1. The highest BCUT2D eigenvalue weighted by atomic mass is 79.9. The van der Waals surface area contributed by atoms with E-state index in [-0.39, 0.29) is 12.5 Å². The van der Waals surface area contributed by atoms with Gasteiger partial charge in [-0.15, -0.1) is 0 Å². The Hall–Kier alpha value is -2.14. The molecule has 21 heavy (non-hydrogen) atoms. The molecule has 0 aliphatic heterocycles. The van der Waals surface area contributed by atoms with E-state index in [0.717, 1.165) is 26.9 Å². The third-order valence-electron chi connectivity index (χ3n) is 3.27. The second-order valence-electron chi connectivity index (χ2n) is 4.59. The van der Waals surface area contributed by atoms with E-state index in [4.69, 9.17) is 4.74 Å². The van der Waals surface area contributed by atoms with Gasteiger partial charge >= 0.3 is 5.97 Å². The van der Waals surface area contributed by atoms with Crippen molar-refractivity contribution in [1.82, 2.24) is 9.55 Å². The number of benzene rings is 2. The first-order chi connectivity index (χ1) is 10.2. The molecule has 4 nitrogen and oxygen atoms in total. The second-order valence-corrected chi connectivity index (χ2v) is 5.51. The Labute approximate surface area is 130 Å². The lowest BCUT2D eigenvalue weighted by Gasteiger charge is -2.08. The van der Waals surface area contributed by atoms with Gasteiger partial charge in [0, 0.05) is 10.0 Å². The van der Waals surface area contributed by atoms with E-state index in [9.17, 15) is 4.79 Å². The minimum absolute atomic E-state index is 0.141. The van der Waals surface area contributed by atoms with Crippen molar-refractivity contribution in [3.8, 4) is 11.4 Å². The third kappa shape index (κ3) is 2.69. The van der Waals surface area contributed by atoms with E-state index in [1.54, 1.807) is 0 Å². The van der Waals surface area contributed by atoms with Crippen molar-refractivity contribution in [2.45, 2.75) is 6.54 Å². The van der Waals surface area contributed by atoms with Gasteiger partial charge in [-0.25, -0.2) is 4.98 Å². The van der Waals surface area contributed by atoms with Crippen LogP contribution in [0.4, 0.5) is 0 Å². The zero-order valence-electron chi connectivity index (χ0n) is 11.4. The monoisotopic (exact) mass is 344 g/mol. The molecule has 0 atom stereocenters.